The molecule has 0 radical (unpaired) electrons. The fourth-order valence-corrected chi connectivity index (χ4v) is 1.84. The molecule has 1 unspecified atom stereocenters. The van der Waals surface area contributed by atoms with Crippen molar-refractivity contribution in [2.24, 2.45) is 5.92 Å². The third kappa shape index (κ3) is 4.43. The summed E-state index contributed by atoms with van der Waals surface area (Å²) in [6, 6.07) is 0. The maximum Gasteiger partial charge on any atom is 0.233 e. The molecule has 0 spiro atoms. The van der Waals surface area contributed by atoms with E-state index in [4.69, 9.17) is 0 Å². The van der Waals surface area contributed by atoms with Crippen molar-refractivity contribution in [2.75, 3.05) is 26.2 Å². The van der Waals surface area contributed by atoms with Gasteiger partial charge in [-0.1, -0.05) is 13.8 Å². The molecule has 1 aliphatic heterocycles. The molecule has 4 heteroatoms. The average Bonchev–Trinajstić information content (AvgIpc) is 2.69. The topological polar surface area (TPSA) is 32.3 Å². The molecule has 0 aromatic heterocycles. The Morgan fingerprint density at radius 1 is 1.40 bits per heavy atom. The molecule has 0 bridgehead atoms. The van der Waals surface area contributed by atoms with Crippen LogP contribution >= 0.6 is 12.6 Å². The molecule has 1 rings (SSSR count). The Balaban J connectivity index is 2.11. The van der Waals surface area contributed by atoms with Crippen molar-refractivity contribution in [2.45, 2.75) is 31.9 Å². The number of nitrogens with zero attached hydrogens (tertiary/aromatic N) is 1. The zero-order valence-electron chi connectivity index (χ0n) is 9.70. The van der Waals surface area contributed by atoms with Crippen LogP contribution in [0, 0.1) is 5.92 Å². The van der Waals surface area contributed by atoms with Crippen molar-refractivity contribution in [1.82, 2.24) is 10.2 Å². The predicted molar refractivity (Wildman–Crippen MR) is 66.3 cm³/mol. The van der Waals surface area contributed by atoms with Gasteiger partial charge in [0.15, 0.2) is 0 Å². The van der Waals surface area contributed by atoms with Crippen LogP contribution in [0.2, 0.25) is 0 Å². The molecule has 1 amide bonds. The normalized spacial score (nSPS) is 19.5. The van der Waals surface area contributed by atoms with Crippen LogP contribution in [0.5, 0.6) is 0 Å². The first-order valence-corrected chi connectivity index (χ1v) is 6.31. The van der Waals surface area contributed by atoms with E-state index in [-0.39, 0.29) is 11.2 Å². The highest BCUT2D eigenvalue weighted by molar-refractivity contribution is 7.81. The highest BCUT2D eigenvalue weighted by atomic mass is 32.1. The third-order valence-corrected chi connectivity index (χ3v) is 3.66. The van der Waals surface area contributed by atoms with Gasteiger partial charge in [0.2, 0.25) is 5.91 Å². The molecule has 0 saturated carbocycles. The molecule has 3 nitrogen and oxygen atoms in total. The summed E-state index contributed by atoms with van der Waals surface area (Å²) in [7, 11) is 0. The van der Waals surface area contributed by atoms with Crippen molar-refractivity contribution in [3.63, 3.8) is 0 Å². The lowest BCUT2D eigenvalue weighted by molar-refractivity contribution is -0.121. The molecule has 0 aliphatic carbocycles. The first-order chi connectivity index (χ1) is 7.11. The summed E-state index contributed by atoms with van der Waals surface area (Å²) in [5, 5.41) is 2.76. The summed E-state index contributed by atoms with van der Waals surface area (Å²) < 4.78 is 0. The first-order valence-electron chi connectivity index (χ1n) is 5.79. The Labute approximate surface area is 98.0 Å². The Morgan fingerprint density at radius 2 is 2.00 bits per heavy atom. The van der Waals surface area contributed by atoms with E-state index in [2.05, 4.69) is 22.8 Å². The monoisotopic (exact) mass is 230 g/mol. The van der Waals surface area contributed by atoms with E-state index in [0.29, 0.717) is 5.92 Å². The molecule has 1 aliphatic rings. The standard InChI is InChI=1S/C11H22N2OS/c1-9(2)10(15)11(14)12-5-8-13-6-3-4-7-13/h9-10,15H,3-8H2,1-2H3,(H,12,14). The van der Waals surface area contributed by atoms with Gasteiger partial charge < -0.3 is 10.2 Å². The number of carbonyl (C=O) groups excluding carboxylic acids is 1. The van der Waals surface area contributed by atoms with Gasteiger partial charge in [-0.3, -0.25) is 4.79 Å². The van der Waals surface area contributed by atoms with Crippen molar-refractivity contribution < 1.29 is 4.79 Å². The van der Waals surface area contributed by atoms with Crippen molar-refractivity contribution >= 4 is 18.5 Å². The largest absolute Gasteiger partial charge is 0.354 e. The minimum Gasteiger partial charge on any atom is -0.354 e. The summed E-state index contributed by atoms with van der Waals surface area (Å²) >= 11 is 4.28. The Morgan fingerprint density at radius 3 is 2.53 bits per heavy atom. The molecule has 1 atom stereocenters. The lowest BCUT2D eigenvalue weighted by Gasteiger charge is -2.17. The van der Waals surface area contributed by atoms with Crippen LogP contribution in [0.1, 0.15) is 26.7 Å². The van der Waals surface area contributed by atoms with Gasteiger partial charge in [0.1, 0.15) is 0 Å². The van der Waals surface area contributed by atoms with Crippen LogP contribution in [-0.4, -0.2) is 42.2 Å². The number of likely N-dealkylation sites (tertiary alicyclic amines) is 1. The van der Waals surface area contributed by atoms with Gasteiger partial charge in [0.05, 0.1) is 5.25 Å². The minimum absolute atomic E-state index is 0.0625. The molecule has 88 valence electrons. The van der Waals surface area contributed by atoms with Crippen LogP contribution in [0.3, 0.4) is 0 Å². The van der Waals surface area contributed by atoms with Crippen LogP contribution in [-0.2, 0) is 4.79 Å². The SMILES string of the molecule is CC(C)C(S)C(=O)NCCN1CCCC1. The number of thiol groups is 1. The van der Waals surface area contributed by atoms with Crippen LogP contribution in [0.15, 0.2) is 0 Å². The van der Waals surface area contributed by atoms with Gasteiger partial charge in [-0.2, -0.15) is 12.6 Å². The fraction of sp³-hybridized carbons (Fsp3) is 0.909. The number of amides is 1. The third-order valence-electron chi connectivity index (χ3n) is 2.83. The molecule has 15 heavy (non-hydrogen) atoms. The van der Waals surface area contributed by atoms with Crippen molar-refractivity contribution in [1.29, 1.82) is 0 Å². The summed E-state index contributed by atoms with van der Waals surface area (Å²) in [5.41, 5.74) is 0. The summed E-state index contributed by atoms with van der Waals surface area (Å²) in [6.07, 6.45) is 2.60. The van der Waals surface area contributed by atoms with E-state index < -0.39 is 0 Å². The fourth-order valence-electron chi connectivity index (χ4n) is 1.75. The minimum atomic E-state index is -0.177. The summed E-state index contributed by atoms with van der Waals surface area (Å²) in [5.74, 6) is 0.354. The zero-order chi connectivity index (χ0) is 11.3. The van der Waals surface area contributed by atoms with Gasteiger partial charge in [-0.15, -0.1) is 0 Å². The second-order valence-electron chi connectivity index (χ2n) is 4.53. The molecular weight excluding hydrogens is 208 g/mol. The highest BCUT2D eigenvalue weighted by Crippen LogP contribution is 2.08. The first kappa shape index (κ1) is 12.8. The highest BCUT2D eigenvalue weighted by Gasteiger charge is 2.17. The van der Waals surface area contributed by atoms with E-state index >= 15 is 0 Å². The second-order valence-corrected chi connectivity index (χ2v) is 5.08. The maximum absolute atomic E-state index is 11.6. The van der Waals surface area contributed by atoms with Crippen LogP contribution < -0.4 is 5.32 Å². The van der Waals surface area contributed by atoms with Gasteiger partial charge in [-0.25, -0.2) is 0 Å². The number of carbonyl (C=O) groups is 1. The quantitative estimate of drug-likeness (QED) is 0.695. The van der Waals surface area contributed by atoms with Gasteiger partial charge in [0.25, 0.3) is 0 Å². The molecule has 1 heterocycles. The second kappa shape index (κ2) is 6.38. The van der Waals surface area contributed by atoms with Crippen LogP contribution in [0.4, 0.5) is 0 Å². The summed E-state index contributed by atoms with van der Waals surface area (Å²) in [6.45, 7) is 8.12. The molecule has 1 fully saturated rings. The van der Waals surface area contributed by atoms with Gasteiger partial charge >= 0.3 is 0 Å². The number of hydrogen-bond acceptors (Lipinski definition) is 3. The van der Waals surface area contributed by atoms with Gasteiger partial charge in [0, 0.05) is 13.1 Å². The Bertz CT molecular complexity index is 203. The summed E-state index contributed by atoms with van der Waals surface area (Å²) in [4.78, 5) is 13.9. The van der Waals surface area contributed by atoms with E-state index in [1.165, 1.54) is 25.9 Å². The zero-order valence-corrected chi connectivity index (χ0v) is 10.6. The Kier molecular flexibility index (Phi) is 5.47. The van der Waals surface area contributed by atoms with E-state index in [9.17, 15) is 4.79 Å². The molecule has 1 saturated heterocycles. The van der Waals surface area contributed by atoms with Crippen molar-refractivity contribution in [3.05, 3.63) is 0 Å². The van der Waals surface area contributed by atoms with Crippen LogP contribution in [0.25, 0.3) is 0 Å². The molecule has 1 N–H and O–H groups in total. The lowest BCUT2D eigenvalue weighted by atomic mass is 10.1. The van der Waals surface area contributed by atoms with Gasteiger partial charge in [-0.05, 0) is 31.8 Å². The maximum atomic E-state index is 11.6. The molecule has 0 aromatic rings. The molecule has 0 aromatic carbocycles. The number of nitrogens with one attached hydrogen (secondary N) is 1. The van der Waals surface area contributed by atoms with E-state index in [1.54, 1.807) is 0 Å². The molecular formula is C11H22N2OS. The Hall–Kier alpha value is -0.220. The average molecular weight is 230 g/mol. The lowest BCUT2D eigenvalue weighted by Crippen LogP contribution is -2.39. The smallest absolute Gasteiger partial charge is 0.233 e. The number of rotatable bonds is 5. The van der Waals surface area contributed by atoms with Crippen molar-refractivity contribution in [3.8, 4) is 0 Å². The number of hydrogen-bond donors (Lipinski definition) is 2. The predicted octanol–water partition coefficient (Wildman–Crippen LogP) is 1.15. The van der Waals surface area contributed by atoms with E-state index in [1.807, 2.05) is 13.8 Å². The van der Waals surface area contributed by atoms with E-state index in [0.717, 1.165) is 13.1 Å².